The van der Waals surface area contributed by atoms with Crippen LogP contribution in [0.1, 0.15) is 0 Å². The lowest BCUT2D eigenvalue weighted by atomic mass is 10.1. The van der Waals surface area contributed by atoms with Gasteiger partial charge in [-0.05, 0) is 0 Å². The highest BCUT2D eigenvalue weighted by Gasteiger charge is 2.79. The van der Waals surface area contributed by atoms with Crippen LogP contribution in [0.3, 0.4) is 0 Å². The molecule has 0 aliphatic heterocycles. The Morgan fingerprint density at radius 1 is 1.06 bits per heavy atom. The summed E-state index contributed by atoms with van der Waals surface area (Å²) in [5.74, 6) is -13.5. The summed E-state index contributed by atoms with van der Waals surface area (Å²) in [5, 5.41) is 4.62. The predicted molar refractivity (Wildman–Crippen MR) is 31.8 cm³/mol. The van der Waals surface area contributed by atoms with Gasteiger partial charge in [0.05, 0.1) is 0 Å². The Hall–Kier alpha value is -1.36. The van der Waals surface area contributed by atoms with E-state index >= 15 is 0 Å². The number of carbonyl (C=O) groups is 1. The van der Waals surface area contributed by atoms with Gasteiger partial charge in [-0.2, -0.15) is 26.3 Å². The molecular formula is C5H2F9NO2. The third-order valence-corrected chi connectivity index (χ3v) is 1.48. The molecular weight excluding hydrogens is 277 g/mol. The van der Waals surface area contributed by atoms with E-state index in [1.54, 1.807) is 0 Å². The second-order valence-electron chi connectivity index (χ2n) is 2.60. The van der Waals surface area contributed by atoms with Gasteiger partial charge in [0.25, 0.3) is 0 Å². The predicted octanol–water partition coefficient (Wildman–Crippen LogP) is 2.98. The topological polar surface area (TPSA) is 40.5 Å². The van der Waals surface area contributed by atoms with Crippen LogP contribution in [-0.2, 0) is 0 Å². The van der Waals surface area contributed by atoms with Crippen LogP contribution in [0.4, 0.5) is 44.4 Å². The summed E-state index contributed by atoms with van der Waals surface area (Å²) in [4.78, 5) is 9.59. The molecule has 0 radical (unpaired) electrons. The number of nitrogens with zero attached hydrogens (tertiary/aromatic N) is 1. The molecule has 0 saturated carbocycles. The molecule has 17 heavy (non-hydrogen) atoms. The third-order valence-electron chi connectivity index (χ3n) is 1.48. The van der Waals surface area contributed by atoms with Gasteiger partial charge < -0.3 is 5.11 Å². The standard InChI is InChI=1S/C5H2F9NO2/c6-1(7)3(8,9)4(10,11)5(12,13)15(14)2(16)17/h1H,(H,16,17). The molecule has 0 heterocycles. The van der Waals surface area contributed by atoms with Gasteiger partial charge in [-0.25, -0.2) is 13.6 Å². The van der Waals surface area contributed by atoms with Crippen LogP contribution in [0.2, 0.25) is 0 Å². The van der Waals surface area contributed by atoms with Crippen molar-refractivity contribution in [2.24, 2.45) is 0 Å². The number of hydrogen-bond donors (Lipinski definition) is 1. The van der Waals surface area contributed by atoms with E-state index in [1.165, 1.54) is 0 Å². The molecule has 0 aromatic rings. The maximum absolute atomic E-state index is 12.3. The Morgan fingerprint density at radius 3 is 1.65 bits per heavy atom. The van der Waals surface area contributed by atoms with E-state index in [4.69, 9.17) is 5.11 Å². The molecule has 12 heteroatoms. The van der Waals surface area contributed by atoms with Gasteiger partial charge in [-0.15, -0.1) is 0 Å². The molecule has 3 nitrogen and oxygen atoms in total. The van der Waals surface area contributed by atoms with Crippen molar-refractivity contribution in [1.82, 2.24) is 5.12 Å². The van der Waals surface area contributed by atoms with Crippen LogP contribution in [0.15, 0.2) is 0 Å². The van der Waals surface area contributed by atoms with Crippen molar-refractivity contribution in [2.75, 3.05) is 0 Å². The molecule has 0 aliphatic carbocycles. The first kappa shape index (κ1) is 15.6. The van der Waals surface area contributed by atoms with Crippen LogP contribution in [0.5, 0.6) is 0 Å². The van der Waals surface area contributed by atoms with Crippen molar-refractivity contribution in [3.8, 4) is 0 Å². The zero-order valence-corrected chi connectivity index (χ0v) is 7.28. The van der Waals surface area contributed by atoms with Crippen molar-refractivity contribution in [3.05, 3.63) is 0 Å². The van der Waals surface area contributed by atoms with Crippen LogP contribution in [0, 0.1) is 0 Å². The minimum Gasteiger partial charge on any atom is -0.463 e. The Morgan fingerprint density at radius 2 is 1.41 bits per heavy atom. The van der Waals surface area contributed by atoms with Crippen LogP contribution in [0.25, 0.3) is 0 Å². The largest absolute Gasteiger partial charge is 0.463 e. The lowest BCUT2D eigenvalue weighted by molar-refractivity contribution is -0.390. The van der Waals surface area contributed by atoms with Crippen molar-refractivity contribution >= 4 is 6.09 Å². The molecule has 0 aromatic carbocycles. The maximum atomic E-state index is 12.3. The van der Waals surface area contributed by atoms with Crippen molar-refractivity contribution < 1.29 is 49.5 Å². The minimum atomic E-state index is -6.93. The molecule has 0 bridgehead atoms. The first-order chi connectivity index (χ1) is 7.30. The Kier molecular flexibility index (Phi) is 3.81. The fraction of sp³-hybridized carbons (Fsp3) is 0.800. The summed E-state index contributed by atoms with van der Waals surface area (Å²) in [6, 6.07) is -6.65. The number of rotatable bonds is 4. The van der Waals surface area contributed by atoms with Gasteiger partial charge in [0.2, 0.25) is 0 Å². The number of carboxylic acid groups (broad SMARTS) is 1. The second-order valence-corrected chi connectivity index (χ2v) is 2.60. The van der Waals surface area contributed by atoms with Crippen LogP contribution in [-0.4, -0.2) is 40.6 Å². The minimum absolute atomic E-state index is 2.97. The molecule has 0 aromatic heterocycles. The van der Waals surface area contributed by atoms with Gasteiger partial charge in [0.1, 0.15) is 0 Å². The highest BCUT2D eigenvalue weighted by Crippen LogP contribution is 2.49. The molecule has 0 spiro atoms. The van der Waals surface area contributed by atoms with E-state index in [0.29, 0.717) is 0 Å². The summed E-state index contributed by atoms with van der Waals surface area (Å²) in [7, 11) is 0. The maximum Gasteiger partial charge on any atom is 0.441 e. The molecule has 1 N–H and O–H groups in total. The zero-order chi connectivity index (χ0) is 14.2. The molecule has 1 amide bonds. The lowest BCUT2D eigenvalue weighted by Crippen LogP contribution is -2.63. The molecule has 0 unspecified atom stereocenters. The smallest absolute Gasteiger partial charge is 0.441 e. The highest BCUT2D eigenvalue weighted by molar-refractivity contribution is 5.64. The Bertz CT molecular complexity index is 304. The first-order valence-corrected chi connectivity index (χ1v) is 3.40. The third kappa shape index (κ3) is 2.20. The molecule has 0 rings (SSSR count). The summed E-state index contributed by atoms with van der Waals surface area (Å²) in [5.41, 5.74) is 0. The fourth-order valence-corrected chi connectivity index (χ4v) is 0.581. The quantitative estimate of drug-likeness (QED) is 0.488. The summed E-state index contributed by atoms with van der Waals surface area (Å²) >= 11 is 0. The van der Waals surface area contributed by atoms with Crippen LogP contribution >= 0.6 is 0 Å². The van der Waals surface area contributed by atoms with Crippen molar-refractivity contribution in [1.29, 1.82) is 0 Å². The number of halogens is 9. The average Bonchev–Trinajstić information content (AvgIpc) is 2.15. The highest BCUT2D eigenvalue weighted by atomic mass is 19.4. The van der Waals surface area contributed by atoms with Crippen molar-refractivity contribution in [3.63, 3.8) is 0 Å². The van der Waals surface area contributed by atoms with E-state index in [2.05, 4.69) is 0 Å². The molecule has 0 aliphatic rings. The summed E-state index contributed by atoms with van der Waals surface area (Å²) in [6.45, 7) is 0. The summed E-state index contributed by atoms with van der Waals surface area (Å²) in [6.07, 6.45) is -8.59. The SMILES string of the molecule is O=C(O)N(F)C(F)(F)C(F)(F)C(F)(F)C(F)F. The lowest BCUT2D eigenvalue weighted by Gasteiger charge is -2.33. The van der Waals surface area contributed by atoms with E-state index < -0.39 is 35.5 Å². The zero-order valence-electron chi connectivity index (χ0n) is 7.28. The average molecular weight is 279 g/mol. The number of amides is 1. The van der Waals surface area contributed by atoms with Gasteiger partial charge >= 0.3 is 30.4 Å². The van der Waals surface area contributed by atoms with E-state index in [0.717, 1.165) is 0 Å². The van der Waals surface area contributed by atoms with Gasteiger partial charge in [-0.1, -0.05) is 9.60 Å². The van der Waals surface area contributed by atoms with Gasteiger partial charge in [0, 0.05) is 0 Å². The molecule has 0 atom stereocenters. The molecule has 0 fully saturated rings. The van der Waals surface area contributed by atoms with Gasteiger partial charge in [0.15, 0.2) is 0 Å². The van der Waals surface area contributed by atoms with E-state index in [1.807, 2.05) is 0 Å². The second kappa shape index (κ2) is 4.14. The fourth-order valence-electron chi connectivity index (χ4n) is 0.581. The van der Waals surface area contributed by atoms with E-state index in [-0.39, 0.29) is 0 Å². The molecule has 0 saturated heterocycles. The number of alkyl halides is 8. The van der Waals surface area contributed by atoms with E-state index in [9.17, 15) is 44.4 Å². The Labute approximate surface area is 86.3 Å². The van der Waals surface area contributed by atoms with Crippen molar-refractivity contribution in [2.45, 2.75) is 24.3 Å². The normalized spacial score (nSPS) is 14.0. The monoisotopic (exact) mass is 279 g/mol. The first-order valence-electron chi connectivity index (χ1n) is 3.40. The molecule has 102 valence electrons. The van der Waals surface area contributed by atoms with Crippen LogP contribution < -0.4 is 0 Å². The Balaban J connectivity index is 5.51. The van der Waals surface area contributed by atoms with Gasteiger partial charge in [-0.3, -0.25) is 0 Å². The summed E-state index contributed by atoms with van der Waals surface area (Å²) < 4.78 is 108. The number of hydrogen-bond acceptors (Lipinski definition) is 1.